The molecule has 0 saturated heterocycles. The van der Waals surface area contributed by atoms with Crippen molar-refractivity contribution in [1.82, 2.24) is 5.32 Å². The van der Waals surface area contributed by atoms with E-state index >= 15 is 0 Å². The van der Waals surface area contributed by atoms with Crippen molar-refractivity contribution >= 4 is 11.6 Å². The van der Waals surface area contributed by atoms with Gasteiger partial charge >= 0.3 is 0 Å². The van der Waals surface area contributed by atoms with Gasteiger partial charge in [0, 0.05) is 31.9 Å². The Morgan fingerprint density at radius 1 is 1.05 bits per heavy atom. The molecule has 2 aromatic rings. The zero-order valence-electron chi connectivity index (χ0n) is 12.9. The van der Waals surface area contributed by atoms with Crippen LogP contribution in [0.1, 0.15) is 21.5 Å². The van der Waals surface area contributed by atoms with E-state index in [1.54, 1.807) is 0 Å². The summed E-state index contributed by atoms with van der Waals surface area (Å²) < 4.78 is 0. The number of hydrogen-bond acceptors (Lipinski definition) is 2. The number of rotatable bonds is 5. The van der Waals surface area contributed by atoms with E-state index in [-0.39, 0.29) is 5.91 Å². The van der Waals surface area contributed by atoms with Crippen LogP contribution in [0.2, 0.25) is 0 Å². The zero-order chi connectivity index (χ0) is 15.2. The Balaban J connectivity index is 1.87. The van der Waals surface area contributed by atoms with Gasteiger partial charge in [-0.05, 0) is 42.7 Å². The summed E-state index contributed by atoms with van der Waals surface area (Å²) in [6.07, 6.45) is 0.839. The van der Waals surface area contributed by atoms with Crippen LogP contribution in [-0.4, -0.2) is 26.5 Å². The van der Waals surface area contributed by atoms with Crippen LogP contribution in [0.15, 0.2) is 48.5 Å². The topological polar surface area (TPSA) is 32.3 Å². The second-order valence-corrected chi connectivity index (χ2v) is 5.38. The maximum Gasteiger partial charge on any atom is 0.251 e. The van der Waals surface area contributed by atoms with Crippen LogP contribution in [0.4, 0.5) is 5.69 Å². The SMILES string of the molecule is Cc1ccccc1C(=O)NCCc1ccc(N(C)C)cc1. The van der Waals surface area contributed by atoms with Crippen molar-refractivity contribution in [3.05, 3.63) is 65.2 Å². The molecule has 21 heavy (non-hydrogen) atoms. The molecule has 2 aromatic carbocycles. The minimum absolute atomic E-state index is 0.00184. The van der Waals surface area contributed by atoms with Crippen LogP contribution in [0.3, 0.4) is 0 Å². The number of hydrogen-bond donors (Lipinski definition) is 1. The van der Waals surface area contributed by atoms with Crippen molar-refractivity contribution in [2.45, 2.75) is 13.3 Å². The molecule has 3 heteroatoms. The van der Waals surface area contributed by atoms with E-state index < -0.39 is 0 Å². The van der Waals surface area contributed by atoms with Gasteiger partial charge in [-0.1, -0.05) is 30.3 Å². The maximum absolute atomic E-state index is 12.1. The van der Waals surface area contributed by atoms with Crippen LogP contribution in [0.25, 0.3) is 0 Å². The second-order valence-electron chi connectivity index (χ2n) is 5.38. The smallest absolute Gasteiger partial charge is 0.251 e. The van der Waals surface area contributed by atoms with E-state index in [1.165, 1.54) is 11.3 Å². The molecule has 0 fully saturated rings. The van der Waals surface area contributed by atoms with Crippen LogP contribution < -0.4 is 10.2 Å². The number of nitrogens with zero attached hydrogens (tertiary/aromatic N) is 1. The summed E-state index contributed by atoms with van der Waals surface area (Å²) in [7, 11) is 4.05. The molecule has 0 saturated carbocycles. The molecule has 3 nitrogen and oxygen atoms in total. The first-order chi connectivity index (χ1) is 10.1. The number of amides is 1. The molecule has 0 bridgehead atoms. The molecule has 110 valence electrons. The molecule has 0 atom stereocenters. The Labute approximate surface area is 126 Å². The summed E-state index contributed by atoms with van der Waals surface area (Å²) >= 11 is 0. The van der Waals surface area contributed by atoms with E-state index in [1.807, 2.05) is 45.3 Å². The van der Waals surface area contributed by atoms with E-state index in [0.717, 1.165) is 17.5 Å². The lowest BCUT2D eigenvalue weighted by Gasteiger charge is -2.13. The summed E-state index contributed by atoms with van der Waals surface area (Å²) in [5.41, 5.74) is 4.17. The standard InChI is InChI=1S/C18H22N2O/c1-14-6-4-5-7-17(14)18(21)19-13-12-15-8-10-16(11-9-15)20(2)3/h4-11H,12-13H2,1-3H3,(H,19,21). The normalized spacial score (nSPS) is 10.2. The lowest BCUT2D eigenvalue weighted by molar-refractivity contribution is 0.0953. The minimum atomic E-state index is -0.00184. The number of anilines is 1. The van der Waals surface area contributed by atoms with Crippen molar-refractivity contribution in [3.8, 4) is 0 Å². The highest BCUT2D eigenvalue weighted by atomic mass is 16.1. The number of aryl methyl sites for hydroxylation is 1. The fourth-order valence-corrected chi connectivity index (χ4v) is 2.20. The van der Waals surface area contributed by atoms with Crippen LogP contribution >= 0.6 is 0 Å². The van der Waals surface area contributed by atoms with Crippen molar-refractivity contribution < 1.29 is 4.79 Å². The van der Waals surface area contributed by atoms with Crippen molar-refractivity contribution in [1.29, 1.82) is 0 Å². The minimum Gasteiger partial charge on any atom is -0.378 e. The van der Waals surface area contributed by atoms with Gasteiger partial charge in [-0.25, -0.2) is 0 Å². The predicted octanol–water partition coefficient (Wildman–Crippen LogP) is 3.03. The fraction of sp³-hybridized carbons (Fsp3) is 0.278. The first-order valence-corrected chi connectivity index (χ1v) is 7.18. The van der Waals surface area contributed by atoms with Gasteiger partial charge in [0.25, 0.3) is 5.91 Å². The summed E-state index contributed by atoms with van der Waals surface area (Å²) in [6.45, 7) is 2.60. The molecule has 0 aliphatic carbocycles. The van der Waals surface area contributed by atoms with Crippen LogP contribution in [-0.2, 0) is 6.42 Å². The van der Waals surface area contributed by atoms with E-state index in [0.29, 0.717) is 6.54 Å². The molecule has 0 heterocycles. The average Bonchev–Trinajstić information content (AvgIpc) is 2.48. The summed E-state index contributed by atoms with van der Waals surface area (Å²) in [5, 5.41) is 2.98. The quantitative estimate of drug-likeness (QED) is 0.914. The number of carbonyl (C=O) groups excluding carboxylic acids is 1. The third kappa shape index (κ3) is 4.09. The lowest BCUT2D eigenvalue weighted by Crippen LogP contribution is -2.26. The highest BCUT2D eigenvalue weighted by Gasteiger charge is 2.07. The average molecular weight is 282 g/mol. The molecule has 1 N–H and O–H groups in total. The van der Waals surface area contributed by atoms with E-state index in [9.17, 15) is 4.79 Å². The predicted molar refractivity (Wildman–Crippen MR) is 88.0 cm³/mol. The largest absolute Gasteiger partial charge is 0.378 e. The zero-order valence-corrected chi connectivity index (χ0v) is 12.9. The van der Waals surface area contributed by atoms with Gasteiger partial charge in [-0.3, -0.25) is 4.79 Å². The first kappa shape index (κ1) is 15.1. The Bertz CT molecular complexity index is 603. The van der Waals surface area contributed by atoms with Gasteiger partial charge in [0.15, 0.2) is 0 Å². The Kier molecular flexibility index (Phi) is 4.99. The van der Waals surface area contributed by atoms with Crippen molar-refractivity contribution in [2.24, 2.45) is 0 Å². The highest BCUT2D eigenvalue weighted by Crippen LogP contribution is 2.12. The Morgan fingerprint density at radius 3 is 2.33 bits per heavy atom. The molecular weight excluding hydrogens is 260 g/mol. The van der Waals surface area contributed by atoms with Crippen molar-refractivity contribution in [2.75, 3.05) is 25.5 Å². The van der Waals surface area contributed by atoms with Gasteiger partial charge in [0.2, 0.25) is 0 Å². The molecule has 0 spiro atoms. The third-order valence-electron chi connectivity index (χ3n) is 3.54. The molecule has 2 rings (SSSR count). The maximum atomic E-state index is 12.1. The van der Waals surface area contributed by atoms with Crippen LogP contribution in [0, 0.1) is 6.92 Å². The molecule has 0 unspecified atom stereocenters. The fourth-order valence-electron chi connectivity index (χ4n) is 2.20. The number of benzene rings is 2. The van der Waals surface area contributed by atoms with Crippen LogP contribution in [0.5, 0.6) is 0 Å². The van der Waals surface area contributed by atoms with Gasteiger partial charge in [-0.2, -0.15) is 0 Å². The third-order valence-corrected chi connectivity index (χ3v) is 3.54. The molecule has 1 amide bonds. The molecule has 0 aliphatic heterocycles. The van der Waals surface area contributed by atoms with Gasteiger partial charge in [-0.15, -0.1) is 0 Å². The number of carbonyl (C=O) groups is 1. The molecular formula is C18H22N2O. The Morgan fingerprint density at radius 2 is 1.71 bits per heavy atom. The monoisotopic (exact) mass is 282 g/mol. The Hall–Kier alpha value is -2.29. The lowest BCUT2D eigenvalue weighted by atomic mass is 10.1. The first-order valence-electron chi connectivity index (χ1n) is 7.18. The van der Waals surface area contributed by atoms with Gasteiger partial charge < -0.3 is 10.2 Å². The number of nitrogens with one attached hydrogen (secondary N) is 1. The molecule has 0 radical (unpaired) electrons. The molecule has 0 aliphatic rings. The van der Waals surface area contributed by atoms with E-state index in [4.69, 9.17) is 0 Å². The summed E-state index contributed by atoms with van der Waals surface area (Å²) in [6, 6.07) is 16.0. The van der Waals surface area contributed by atoms with Gasteiger partial charge in [0.05, 0.1) is 0 Å². The molecule has 0 aromatic heterocycles. The summed E-state index contributed by atoms with van der Waals surface area (Å²) in [4.78, 5) is 14.2. The van der Waals surface area contributed by atoms with Gasteiger partial charge in [0.1, 0.15) is 0 Å². The van der Waals surface area contributed by atoms with E-state index in [2.05, 4.69) is 34.5 Å². The highest BCUT2D eigenvalue weighted by molar-refractivity contribution is 5.95. The second kappa shape index (κ2) is 6.93. The van der Waals surface area contributed by atoms with Crippen molar-refractivity contribution in [3.63, 3.8) is 0 Å². The summed E-state index contributed by atoms with van der Waals surface area (Å²) in [5.74, 6) is -0.00184.